The Labute approximate surface area is 136 Å². The first kappa shape index (κ1) is 17.0. The molecule has 22 heavy (non-hydrogen) atoms. The van der Waals surface area contributed by atoms with E-state index >= 15 is 0 Å². The van der Waals surface area contributed by atoms with Gasteiger partial charge in [0, 0.05) is 5.02 Å². The van der Waals surface area contributed by atoms with Crippen LogP contribution in [0.15, 0.2) is 30.3 Å². The Hall–Kier alpha value is -1.41. The van der Waals surface area contributed by atoms with E-state index in [1.807, 2.05) is 33.8 Å². The van der Waals surface area contributed by atoms with Crippen molar-refractivity contribution < 1.29 is 8.78 Å². The number of benzene rings is 2. The zero-order valence-electron chi connectivity index (χ0n) is 13.4. The predicted molar refractivity (Wildman–Crippen MR) is 88.8 cm³/mol. The minimum Gasteiger partial charge on any atom is -0.207 e. The van der Waals surface area contributed by atoms with E-state index in [1.165, 1.54) is 6.07 Å². The lowest BCUT2D eigenvalue weighted by molar-refractivity contribution is 0.569. The fraction of sp³-hybridized carbons (Fsp3) is 0.368. The average molecular weight is 323 g/mol. The fourth-order valence-corrected chi connectivity index (χ4v) is 3.03. The highest BCUT2D eigenvalue weighted by Gasteiger charge is 2.16. The minimum atomic E-state index is -0.337. The van der Waals surface area contributed by atoms with Gasteiger partial charge in [0.15, 0.2) is 0 Å². The molecule has 0 aromatic heterocycles. The highest BCUT2D eigenvalue weighted by Crippen LogP contribution is 2.29. The van der Waals surface area contributed by atoms with Gasteiger partial charge in [-0.15, -0.1) is 0 Å². The maximum atomic E-state index is 14.3. The molecule has 1 atom stereocenters. The van der Waals surface area contributed by atoms with E-state index in [9.17, 15) is 8.78 Å². The van der Waals surface area contributed by atoms with Crippen LogP contribution in [0.1, 0.15) is 54.9 Å². The molecule has 0 bridgehead atoms. The van der Waals surface area contributed by atoms with Crippen molar-refractivity contribution in [3.63, 3.8) is 0 Å². The zero-order chi connectivity index (χ0) is 16.4. The monoisotopic (exact) mass is 322 g/mol. The number of halogens is 3. The summed E-state index contributed by atoms with van der Waals surface area (Å²) < 4.78 is 28.3. The zero-order valence-corrected chi connectivity index (χ0v) is 14.1. The average Bonchev–Trinajstić information content (AvgIpc) is 2.41. The third-order valence-corrected chi connectivity index (χ3v) is 4.31. The summed E-state index contributed by atoms with van der Waals surface area (Å²) in [6, 6.07) is 8.14. The fourth-order valence-electron chi connectivity index (χ4n) is 2.88. The summed E-state index contributed by atoms with van der Waals surface area (Å²) in [5, 5.41) is 0.372. The van der Waals surface area contributed by atoms with Gasteiger partial charge in [-0.25, -0.2) is 8.78 Å². The second-order valence-electron chi connectivity index (χ2n) is 6.23. The van der Waals surface area contributed by atoms with Crippen molar-refractivity contribution in [3.8, 4) is 0 Å². The molecule has 0 saturated heterocycles. The lowest BCUT2D eigenvalue weighted by Gasteiger charge is -2.17. The van der Waals surface area contributed by atoms with Gasteiger partial charge < -0.3 is 0 Å². The highest BCUT2D eigenvalue weighted by molar-refractivity contribution is 6.30. The molecule has 0 aliphatic heterocycles. The van der Waals surface area contributed by atoms with Crippen molar-refractivity contribution in [1.29, 1.82) is 0 Å². The summed E-state index contributed by atoms with van der Waals surface area (Å²) in [7, 11) is 0. The summed E-state index contributed by atoms with van der Waals surface area (Å²) in [5.41, 5.74) is 3.29. The third-order valence-electron chi connectivity index (χ3n) is 4.08. The molecule has 2 rings (SSSR count). The highest BCUT2D eigenvalue weighted by atomic mass is 35.5. The van der Waals surface area contributed by atoms with Gasteiger partial charge in [0.1, 0.15) is 11.6 Å². The molecule has 0 nitrogen and oxygen atoms in total. The van der Waals surface area contributed by atoms with E-state index in [0.29, 0.717) is 22.6 Å². The molecule has 118 valence electrons. The Bertz CT molecular complexity index is 677. The number of aryl methyl sites for hydroxylation is 1. The summed E-state index contributed by atoms with van der Waals surface area (Å²) in [6.07, 6.45) is 0.462. The van der Waals surface area contributed by atoms with Crippen molar-refractivity contribution in [2.75, 3.05) is 0 Å². The molecule has 0 fully saturated rings. The van der Waals surface area contributed by atoms with Crippen LogP contribution in [-0.2, 0) is 6.42 Å². The molecule has 1 unspecified atom stereocenters. The molecule has 0 radical (unpaired) electrons. The normalized spacial score (nSPS) is 12.7. The SMILES string of the molecule is Cc1cc(CC(C)c2ccc(Cl)cc2F)c(F)cc1C(C)C. The van der Waals surface area contributed by atoms with Gasteiger partial charge in [-0.2, -0.15) is 0 Å². The molecule has 0 spiro atoms. The van der Waals surface area contributed by atoms with Crippen LogP contribution in [0.25, 0.3) is 0 Å². The van der Waals surface area contributed by atoms with Gasteiger partial charge in [-0.3, -0.25) is 0 Å². The second kappa shape index (κ2) is 6.78. The Kier molecular flexibility index (Phi) is 5.23. The third kappa shape index (κ3) is 3.67. The second-order valence-corrected chi connectivity index (χ2v) is 6.66. The number of hydrogen-bond donors (Lipinski definition) is 0. The van der Waals surface area contributed by atoms with Crippen LogP contribution in [0, 0.1) is 18.6 Å². The van der Waals surface area contributed by atoms with E-state index in [0.717, 1.165) is 11.1 Å². The molecule has 3 heteroatoms. The van der Waals surface area contributed by atoms with Crippen LogP contribution in [0.4, 0.5) is 8.78 Å². The lowest BCUT2D eigenvalue weighted by Crippen LogP contribution is -2.05. The van der Waals surface area contributed by atoms with E-state index in [1.54, 1.807) is 18.2 Å². The maximum Gasteiger partial charge on any atom is 0.128 e. The summed E-state index contributed by atoms with van der Waals surface area (Å²) in [6.45, 7) is 7.99. The van der Waals surface area contributed by atoms with Crippen LogP contribution < -0.4 is 0 Å². The predicted octanol–water partition coefficient (Wildman–Crippen LogP) is 6.40. The minimum absolute atomic E-state index is 0.115. The Morgan fingerprint density at radius 1 is 0.955 bits per heavy atom. The lowest BCUT2D eigenvalue weighted by atomic mass is 9.89. The largest absolute Gasteiger partial charge is 0.207 e. The Balaban J connectivity index is 2.28. The Morgan fingerprint density at radius 2 is 1.64 bits per heavy atom. The van der Waals surface area contributed by atoms with Crippen molar-refractivity contribution in [2.45, 2.75) is 46.0 Å². The summed E-state index contributed by atoms with van der Waals surface area (Å²) >= 11 is 5.77. The van der Waals surface area contributed by atoms with Gasteiger partial charge in [0.05, 0.1) is 0 Å². The van der Waals surface area contributed by atoms with Crippen molar-refractivity contribution >= 4 is 11.6 Å². The molecular weight excluding hydrogens is 302 g/mol. The van der Waals surface area contributed by atoms with Crippen LogP contribution in [0.2, 0.25) is 5.02 Å². The van der Waals surface area contributed by atoms with E-state index in [-0.39, 0.29) is 23.5 Å². The first-order valence-electron chi connectivity index (χ1n) is 7.53. The van der Waals surface area contributed by atoms with Gasteiger partial charge in [0.2, 0.25) is 0 Å². The van der Waals surface area contributed by atoms with Crippen LogP contribution in [0.5, 0.6) is 0 Å². The van der Waals surface area contributed by atoms with Crippen LogP contribution >= 0.6 is 11.6 Å². The molecular formula is C19H21ClF2. The van der Waals surface area contributed by atoms with Gasteiger partial charge in [-0.05, 0) is 65.6 Å². The summed E-state index contributed by atoms with van der Waals surface area (Å²) in [5.74, 6) is -0.378. The van der Waals surface area contributed by atoms with Crippen LogP contribution in [-0.4, -0.2) is 0 Å². The first-order valence-corrected chi connectivity index (χ1v) is 7.91. The molecule has 0 aliphatic carbocycles. The number of rotatable bonds is 4. The summed E-state index contributed by atoms with van der Waals surface area (Å²) in [4.78, 5) is 0. The van der Waals surface area contributed by atoms with Gasteiger partial charge in [0.25, 0.3) is 0 Å². The van der Waals surface area contributed by atoms with E-state index in [4.69, 9.17) is 11.6 Å². The Morgan fingerprint density at radius 3 is 2.23 bits per heavy atom. The van der Waals surface area contributed by atoms with Gasteiger partial charge in [-0.1, -0.05) is 44.5 Å². The van der Waals surface area contributed by atoms with Gasteiger partial charge >= 0.3 is 0 Å². The molecule has 2 aromatic rings. The standard InChI is InChI=1S/C19H21ClF2/c1-11(2)17-10-18(21)14(8-13(17)4)7-12(3)16-6-5-15(20)9-19(16)22/h5-6,8-12H,7H2,1-4H3. The quantitative estimate of drug-likeness (QED) is 0.611. The first-order chi connectivity index (χ1) is 10.3. The van der Waals surface area contributed by atoms with E-state index < -0.39 is 0 Å². The molecule has 0 N–H and O–H groups in total. The molecule has 0 aliphatic rings. The van der Waals surface area contributed by atoms with E-state index in [2.05, 4.69) is 0 Å². The topological polar surface area (TPSA) is 0 Å². The van der Waals surface area contributed by atoms with Crippen molar-refractivity contribution in [3.05, 3.63) is 69.2 Å². The molecule has 0 heterocycles. The van der Waals surface area contributed by atoms with Crippen molar-refractivity contribution in [2.24, 2.45) is 0 Å². The molecule has 2 aromatic carbocycles. The molecule has 0 saturated carbocycles. The smallest absolute Gasteiger partial charge is 0.128 e. The maximum absolute atomic E-state index is 14.3. The number of hydrogen-bond acceptors (Lipinski definition) is 0. The van der Waals surface area contributed by atoms with Crippen LogP contribution in [0.3, 0.4) is 0 Å². The molecule has 0 amide bonds. The van der Waals surface area contributed by atoms with Crippen molar-refractivity contribution in [1.82, 2.24) is 0 Å².